The Labute approximate surface area is 165 Å². The lowest BCUT2D eigenvalue weighted by molar-refractivity contribution is 0.0728. The first-order valence-electron chi connectivity index (χ1n) is 8.74. The molecule has 0 bridgehead atoms. The molecule has 1 aliphatic rings. The van der Waals surface area contributed by atoms with E-state index < -0.39 is 11.8 Å². The molecule has 0 saturated carbocycles. The van der Waals surface area contributed by atoms with Gasteiger partial charge < -0.3 is 9.47 Å². The number of ketones is 1. The molecule has 0 radical (unpaired) electrons. The first-order valence-corrected chi connectivity index (χ1v) is 8.74. The lowest BCUT2D eigenvalue weighted by atomic mass is 10.1. The summed E-state index contributed by atoms with van der Waals surface area (Å²) in [5.41, 5.74) is 1.16. The van der Waals surface area contributed by atoms with Crippen molar-refractivity contribution in [3.63, 3.8) is 0 Å². The molecule has 0 amide bonds. The van der Waals surface area contributed by atoms with E-state index in [0.29, 0.717) is 16.7 Å². The van der Waals surface area contributed by atoms with E-state index in [1.54, 1.807) is 6.92 Å². The number of rotatable bonds is 3. The zero-order chi connectivity index (χ0) is 20.5. The third-order valence-electron chi connectivity index (χ3n) is 4.50. The van der Waals surface area contributed by atoms with Gasteiger partial charge in [-0.05, 0) is 55.0 Å². The van der Waals surface area contributed by atoms with Gasteiger partial charge in [0.2, 0.25) is 5.78 Å². The number of carbonyl (C=O) groups excluding carboxylic acids is 2. The van der Waals surface area contributed by atoms with Gasteiger partial charge in [0.05, 0.1) is 11.1 Å². The molecule has 1 aliphatic heterocycles. The first-order chi connectivity index (χ1) is 13.9. The smallest absolute Gasteiger partial charge is 0.346 e. The fourth-order valence-electron chi connectivity index (χ4n) is 2.97. The summed E-state index contributed by atoms with van der Waals surface area (Å²) in [6.45, 7) is 1.64. The van der Waals surface area contributed by atoms with Crippen LogP contribution in [-0.2, 0) is 0 Å². The maximum atomic E-state index is 13.8. The van der Waals surface area contributed by atoms with Crippen LogP contribution in [0.15, 0.2) is 66.4 Å². The molecule has 29 heavy (non-hydrogen) atoms. The number of benzene rings is 3. The van der Waals surface area contributed by atoms with Crippen LogP contribution in [0, 0.1) is 18.6 Å². The summed E-state index contributed by atoms with van der Waals surface area (Å²) < 4.78 is 37.8. The highest BCUT2D eigenvalue weighted by Crippen LogP contribution is 2.39. The topological polar surface area (TPSA) is 52.6 Å². The highest BCUT2D eigenvalue weighted by molar-refractivity contribution is 6.15. The van der Waals surface area contributed by atoms with Crippen molar-refractivity contribution in [3.05, 3.63) is 100 Å². The molecule has 0 unspecified atom stereocenters. The van der Waals surface area contributed by atoms with Crippen molar-refractivity contribution in [2.75, 3.05) is 0 Å². The van der Waals surface area contributed by atoms with E-state index in [0.717, 1.165) is 0 Å². The lowest BCUT2D eigenvalue weighted by Gasteiger charge is -2.10. The van der Waals surface area contributed by atoms with Gasteiger partial charge in [-0.2, -0.15) is 0 Å². The minimum absolute atomic E-state index is 0.0762. The van der Waals surface area contributed by atoms with Gasteiger partial charge in [-0.1, -0.05) is 24.3 Å². The zero-order valence-corrected chi connectivity index (χ0v) is 15.2. The van der Waals surface area contributed by atoms with Gasteiger partial charge in [-0.3, -0.25) is 4.79 Å². The Morgan fingerprint density at radius 2 is 1.72 bits per heavy atom. The van der Waals surface area contributed by atoms with Crippen molar-refractivity contribution in [1.29, 1.82) is 0 Å². The monoisotopic (exact) mass is 392 g/mol. The molecule has 0 spiro atoms. The molecule has 6 heteroatoms. The molecule has 0 fully saturated rings. The van der Waals surface area contributed by atoms with Crippen molar-refractivity contribution < 1.29 is 27.8 Å². The Hall–Kier alpha value is -3.80. The maximum absolute atomic E-state index is 13.8. The summed E-state index contributed by atoms with van der Waals surface area (Å²) in [5.74, 6) is -1.75. The van der Waals surface area contributed by atoms with Crippen LogP contribution in [0.25, 0.3) is 6.08 Å². The van der Waals surface area contributed by atoms with Gasteiger partial charge in [0, 0.05) is 5.56 Å². The Kier molecular flexibility index (Phi) is 4.68. The van der Waals surface area contributed by atoms with Crippen molar-refractivity contribution in [3.8, 4) is 11.5 Å². The predicted octanol–water partition coefficient (Wildman–Crippen LogP) is 5.11. The SMILES string of the molecule is Cc1c(OC(=O)c2ccccc2F)ccc2c1O/C(=C\c1ccc(F)cc1)C2=O. The van der Waals surface area contributed by atoms with Gasteiger partial charge >= 0.3 is 5.97 Å². The summed E-state index contributed by atoms with van der Waals surface area (Å²) in [5, 5.41) is 0. The number of hydrogen-bond donors (Lipinski definition) is 0. The molecule has 144 valence electrons. The normalized spacial score (nSPS) is 13.9. The molecule has 3 aromatic carbocycles. The standard InChI is InChI=1S/C23H14F2O4/c1-13-19(29-23(27)16-4-2-3-5-18(16)25)11-10-17-21(26)20(28-22(13)17)12-14-6-8-15(24)9-7-14/h2-12H,1H3/b20-12-. The molecular weight excluding hydrogens is 378 g/mol. The van der Waals surface area contributed by atoms with Gasteiger partial charge in [-0.25, -0.2) is 13.6 Å². The van der Waals surface area contributed by atoms with Crippen LogP contribution in [0.3, 0.4) is 0 Å². The quantitative estimate of drug-likeness (QED) is 0.353. The fraction of sp³-hybridized carbons (Fsp3) is 0.0435. The molecule has 0 N–H and O–H groups in total. The van der Waals surface area contributed by atoms with Crippen LogP contribution in [0.4, 0.5) is 8.78 Å². The third-order valence-corrected chi connectivity index (χ3v) is 4.50. The number of hydrogen-bond acceptors (Lipinski definition) is 4. The van der Waals surface area contributed by atoms with Crippen LogP contribution < -0.4 is 9.47 Å². The second kappa shape index (κ2) is 7.31. The van der Waals surface area contributed by atoms with Gasteiger partial charge in [-0.15, -0.1) is 0 Å². The van der Waals surface area contributed by atoms with E-state index in [-0.39, 0.29) is 34.4 Å². The zero-order valence-electron chi connectivity index (χ0n) is 15.2. The predicted molar refractivity (Wildman–Crippen MR) is 102 cm³/mol. The summed E-state index contributed by atoms with van der Waals surface area (Å²) in [4.78, 5) is 24.9. The number of esters is 1. The number of allylic oxidation sites excluding steroid dienone is 1. The van der Waals surface area contributed by atoms with E-state index in [1.807, 2.05) is 0 Å². The second-order valence-corrected chi connectivity index (χ2v) is 6.43. The van der Waals surface area contributed by atoms with E-state index in [1.165, 1.54) is 66.7 Å². The number of ether oxygens (including phenoxy) is 2. The molecule has 3 aromatic rings. The van der Waals surface area contributed by atoms with Crippen LogP contribution in [0.1, 0.15) is 31.8 Å². The Bertz CT molecular complexity index is 1160. The van der Waals surface area contributed by atoms with Crippen molar-refractivity contribution >= 4 is 17.8 Å². The molecule has 4 nitrogen and oxygen atoms in total. The molecule has 0 atom stereocenters. The molecule has 1 heterocycles. The minimum Gasteiger partial charge on any atom is -0.452 e. The highest BCUT2D eigenvalue weighted by atomic mass is 19.1. The van der Waals surface area contributed by atoms with Gasteiger partial charge in [0.25, 0.3) is 0 Å². The summed E-state index contributed by atoms with van der Waals surface area (Å²) >= 11 is 0. The Morgan fingerprint density at radius 1 is 1.00 bits per heavy atom. The van der Waals surface area contributed by atoms with E-state index in [9.17, 15) is 18.4 Å². The lowest BCUT2D eigenvalue weighted by Crippen LogP contribution is -2.11. The van der Waals surface area contributed by atoms with E-state index in [2.05, 4.69) is 0 Å². The molecule has 4 rings (SSSR count). The summed E-state index contributed by atoms with van der Waals surface area (Å²) in [6, 6.07) is 14.1. The first kappa shape index (κ1) is 18.6. The minimum atomic E-state index is -0.849. The van der Waals surface area contributed by atoms with Crippen LogP contribution >= 0.6 is 0 Å². The Balaban J connectivity index is 1.62. The van der Waals surface area contributed by atoms with Gasteiger partial charge in [0.1, 0.15) is 23.1 Å². The molecule has 0 aliphatic carbocycles. The average molecular weight is 392 g/mol. The number of fused-ring (bicyclic) bond motifs is 1. The highest BCUT2D eigenvalue weighted by Gasteiger charge is 2.30. The molecule has 0 saturated heterocycles. The summed E-state index contributed by atoms with van der Waals surface area (Å²) in [6.07, 6.45) is 1.51. The summed E-state index contributed by atoms with van der Waals surface area (Å²) in [7, 11) is 0. The largest absolute Gasteiger partial charge is 0.452 e. The maximum Gasteiger partial charge on any atom is 0.346 e. The van der Waals surface area contributed by atoms with Crippen molar-refractivity contribution in [2.45, 2.75) is 6.92 Å². The number of halogens is 2. The van der Waals surface area contributed by atoms with Crippen LogP contribution in [-0.4, -0.2) is 11.8 Å². The second-order valence-electron chi connectivity index (χ2n) is 6.43. The number of Topliss-reactive ketones (excluding diaryl/α,β-unsaturated/α-hetero) is 1. The van der Waals surface area contributed by atoms with Gasteiger partial charge in [0.15, 0.2) is 5.76 Å². The number of carbonyl (C=O) groups is 2. The van der Waals surface area contributed by atoms with E-state index >= 15 is 0 Å². The average Bonchev–Trinajstić information content (AvgIpc) is 3.02. The molecule has 0 aromatic heterocycles. The Morgan fingerprint density at radius 3 is 2.45 bits per heavy atom. The third kappa shape index (κ3) is 3.52. The van der Waals surface area contributed by atoms with Crippen LogP contribution in [0.5, 0.6) is 11.5 Å². The van der Waals surface area contributed by atoms with Crippen molar-refractivity contribution in [2.24, 2.45) is 0 Å². The van der Waals surface area contributed by atoms with E-state index in [4.69, 9.17) is 9.47 Å². The van der Waals surface area contributed by atoms with Crippen molar-refractivity contribution in [1.82, 2.24) is 0 Å². The molecular formula is C23H14F2O4. The fourth-order valence-corrected chi connectivity index (χ4v) is 2.97. The van der Waals surface area contributed by atoms with Crippen LogP contribution in [0.2, 0.25) is 0 Å².